The van der Waals surface area contributed by atoms with Crippen molar-refractivity contribution in [3.05, 3.63) is 23.9 Å². The third-order valence-corrected chi connectivity index (χ3v) is 3.14. The van der Waals surface area contributed by atoms with Gasteiger partial charge in [-0.1, -0.05) is 0 Å². The summed E-state index contributed by atoms with van der Waals surface area (Å²) in [5.41, 5.74) is 0.505. The minimum Gasteiger partial charge on any atom is -0.370 e. The largest absolute Gasteiger partial charge is 0.370 e. The smallest absolute Gasteiger partial charge is 0.258 e. The summed E-state index contributed by atoms with van der Waals surface area (Å²) in [6.45, 7) is 5.38. The zero-order valence-electron chi connectivity index (χ0n) is 11.1. The first kappa shape index (κ1) is 13.3. The van der Waals surface area contributed by atoms with Gasteiger partial charge in [0, 0.05) is 25.8 Å². The van der Waals surface area contributed by atoms with Crippen LogP contribution in [0.5, 0.6) is 0 Å². The molecule has 6 heteroatoms. The van der Waals surface area contributed by atoms with Crippen molar-refractivity contribution in [1.82, 2.24) is 15.2 Å². The Morgan fingerprint density at radius 2 is 2.42 bits per heavy atom. The van der Waals surface area contributed by atoms with E-state index in [4.69, 9.17) is 0 Å². The molecule has 0 spiro atoms. The van der Waals surface area contributed by atoms with Crippen LogP contribution in [0.3, 0.4) is 0 Å². The molecule has 6 nitrogen and oxygen atoms in total. The summed E-state index contributed by atoms with van der Waals surface area (Å²) in [6, 6.07) is 3.01. The number of nitrogens with one attached hydrogen (secondary N) is 2. The minimum absolute atomic E-state index is 0.117. The Hall–Kier alpha value is -2.11. The molecule has 2 amide bonds. The zero-order valence-corrected chi connectivity index (χ0v) is 11.1. The van der Waals surface area contributed by atoms with Crippen molar-refractivity contribution >= 4 is 17.6 Å². The molecule has 1 aliphatic rings. The molecule has 0 bridgehead atoms. The second-order valence-electron chi connectivity index (χ2n) is 4.40. The number of hydrogen-bond donors (Lipinski definition) is 2. The van der Waals surface area contributed by atoms with E-state index in [0.29, 0.717) is 31.0 Å². The van der Waals surface area contributed by atoms with E-state index in [9.17, 15) is 9.59 Å². The van der Waals surface area contributed by atoms with Gasteiger partial charge in [-0.05, 0) is 26.0 Å². The lowest BCUT2D eigenvalue weighted by molar-refractivity contribution is -0.127. The summed E-state index contributed by atoms with van der Waals surface area (Å²) in [4.78, 5) is 29.9. The lowest BCUT2D eigenvalue weighted by atomic mass is 10.1. The Balaban J connectivity index is 2.26. The maximum Gasteiger partial charge on any atom is 0.258 e. The number of piperazine rings is 1. The molecule has 1 saturated heterocycles. The van der Waals surface area contributed by atoms with Gasteiger partial charge in [-0.25, -0.2) is 4.98 Å². The van der Waals surface area contributed by atoms with Gasteiger partial charge in [0.2, 0.25) is 5.91 Å². The highest BCUT2D eigenvalue weighted by atomic mass is 16.2. The Morgan fingerprint density at radius 1 is 1.63 bits per heavy atom. The van der Waals surface area contributed by atoms with E-state index in [-0.39, 0.29) is 11.8 Å². The monoisotopic (exact) mass is 262 g/mol. The molecule has 2 rings (SSSR count). The van der Waals surface area contributed by atoms with Crippen molar-refractivity contribution in [2.75, 3.05) is 25.0 Å². The normalized spacial score (nSPS) is 18.9. The molecule has 2 N–H and O–H groups in total. The summed E-state index contributed by atoms with van der Waals surface area (Å²) < 4.78 is 0. The van der Waals surface area contributed by atoms with E-state index in [2.05, 4.69) is 15.6 Å². The highest BCUT2D eigenvalue weighted by Crippen LogP contribution is 2.16. The molecule has 0 saturated carbocycles. The molecule has 1 aliphatic heterocycles. The highest BCUT2D eigenvalue weighted by Gasteiger charge is 2.30. The molecule has 2 heterocycles. The van der Waals surface area contributed by atoms with Gasteiger partial charge in [0.1, 0.15) is 11.9 Å². The lowest BCUT2D eigenvalue weighted by Crippen LogP contribution is -2.55. The van der Waals surface area contributed by atoms with Crippen LogP contribution in [0.25, 0.3) is 0 Å². The Bertz CT molecular complexity index is 489. The van der Waals surface area contributed by atoms with Crippen LogP contribution in [-0.4, -0.2) is 47.4 Å². The van der Waals surface area contributed by atoms with E-state index in [1.165, 1.54) is 0 Å². The van der Waals surface area contributed by atoms with Gasteiger partial charge in [-0.2, -0.15) is 0 Å². The number of rotatable bonds is 3. The fourth-order valence-electron chi connectivity index (χ4n) is 2.10. The molecule has 0 aromatic carbocycles. The topological polar surface area (TPSA) is 74.3 Å². The van der Waals surface area contributed by atoms with E-state index in [0.717, 1.165) is 0 Å². The first-order valence-corrected chi connectivity index (χ1v) is 6.42. The van der Waals surface area contributed by atoms with Gasteiger partial charge in [0.05, 0.1) is 5.56 Å². The number of amides is 2. The molecular formula is C13H18N4O2. The van der Waals surface area contributed by atoms with Crippen LogP contribution < -0.4 is 10.6 Å². The summed E-state index contributed by atoms with van der Waals surface area (Å²) in [7, 11) is 0. The molecule has 1 aromatic heterocycles. The highest BCUT2D eigenvalue weighted by molar-refractivity contribution is 6.01. The minimum atomic E-state index is -0.448. The second kappa shape index (κ2) is 5.69. The summed E-state index contributed by atoms with van der Waals surface area (Å²) in [5.74, 6) is 0.285. The van der Waals surface area contributed by atoms with Crippen LogP contribution in [0.4, 0.5) is 5.82 Å². The SMILES string of the molecule is CCNc1ncccc1C(=O)N1CCNC(=O)C1C. The molecule has 102 valence electrons. The van der Waals surface area contributed by atoms with E-state index in [1.54, 1.807) is 30.2 Å². The molecule has 1 aromatic rings. The van der Waals surface area contributed by atoms with E-state index in [1.807, 2.05) is 6.92 Å². The predicted molar refractivity (Wildman–Crippen MR) is 71.9 cm³/mol. The van der Waals surface area contributed by atoms with Crippen molar-refractivity contribution in [2.24, 2.45) is 0 Å². The summed E-state index contributed by atoms with van der Waals surface area (Å²) >= 11 is 0. The van der Waals surface area contributed by atoms with Gasteiger partial charge in [0.15, 0.2) is 0 Å². The van der Waals surface area contributed by atoms with Crippen molar-refractivity contribution in [3.8, 4) is 0 Å². The first-order chi connectivity index (χ1) is 9.15. The number of nitrogens with zero attached hydrogens (tertiary/aromatic N) is 2. The Morgan fingerprint density at radius 3 is 3.16 bits per heavy atom. The molecular weight excluding hydrogens is 244 g/mol. The zero-order chi connectivity index (χ0) is 13.8. The second-order valence-corrected chi connectivity index (χ2v) is 4.40. The van der Waals surface area contributed by atoms with Crippen molar-refractivity contribution < 1.29 is 9.59 Å². The number of carbonyl (C=O) groups excluding carboxylic acids is 2. The van der Waals surface area contributed by atoms with E-state index >= 15 is 0 Å². The van der Waals surface area contributed by atoms with Crippen LogP contribution in [0.1, 0.15) is 24.2 Å². The number of carbonyl (C=O) groups is 2. The first-order valence-electron chi connectivity index (χ1n) is 6.42. The molecule has 0 radical (unpaired) electrons. The van der Waals surface area contributed by atoms with E-state index < -0.39 is 6.04 Å². The molecule has 1 unspecified atom stereocenters. The predicted octanol–water partition coefficient (Wildman–Crippen LogP) is 0.474. The molecule has 1 atom stereocenters. The standard InChI is InChI=1S/C13H18N4O2/c1-3-14-11-10(5-4-6-15-11)13(19)17-8-7-16-12(18)9(17)2/h4-6,9H,3,7-8H2,1-2H3,(H,14,15)(H,16,18). The Kier molecular flexibility index (Phi) is 3.99. The molecule has 19 heavy (non-hydrogen) atoms. The van der Waals surface area contributed by atoms with Gasteiger partial charge in [-0.15, -0.1) is 0 Å². The Labute approximate surface area is 112 Å². The quantitative estimate of drug-likeness (QED) is 0.830. The fraction of sp³-hybridized carbons (Fsp3) is 0.462. The molecule has 1 fully saturated rings. The van der Waals surface area contributed by atoms with Crippen LogP contribution in [0.15, 0.2) is 18.3 Å². The summed E-state index contributed by atoms with van der Waals surface area (Å²) in [5, 5.41) is 5.81. The number of pyridine rings is 1. The third kappa shape index (κ3) is 2.67. The van der Waals surface area contributed by atoms with Crippen LogP contribution in [0.2, 0.25) is 0 Å². The fourth-order valence-corrected chi connectivity index (χ4v) is 2.10. The number of hydrogen-bond acceptors (Lipinski definition) is 4. The molecule has 0 aliphatic carbocycles. The van der Waals surface area contributed by atoms with Crippen LogP contribution >= 0.6 is 0 Å². The number of aromatic nitrogens is 1. The maximum atomic E-state index is 12.5. The van der Waals surface area contributed by atoms with Crippen molar-refractivity contribution in [1.29, 1.82) is 0 Å². The average molecular weight is 262 g/mol. The summed E-state index contributed by atoms with van der Waals surface area (Å²) in [6.07, 6.45) is 1.64. The number of anilines is 1. The van der Waals surface area contributed by atoms with Crippen LogP contribution in [-0.2, 0) is 4.79 Å². The third-order valence-electron chi connectivity index (χ3n) is 3.14. The van der Waals surface area contributed by atoms with Gasteiger partial charge in [0.25, 0.3) is 5.91 Å². The van der Waals surface area contributed by atoms with Gasteiger partial charge in [-0.3, -0.25) is 9.59 Å². The van der Waals surface area contributed by atoms with Crippen molar-refractivity contribution in [3.63, 3.8) is 0 Å². The van der Waals surface area contributed by atoms with Gasteiger partial charge >= 0.3 is 0 Å². The average Bonchev–Trinajstić information content (AvgIpc) is 2.42. The van der Waals surface area contributed by atoms with Crippen molar-refractivity contribution in [2.45, 2.75) is 19.9 Å². The maximum absolute atomic E-state index is 12.5. The lowest BCUT2D eigenvalue weighted by Gasteiger charge is -2.33. The van der Waals surface area contributed by atoms with Gasteiger partial charge < -0.3 is 15.5 Å². The van der Waals surface area contributed by atoms with Crippen LogP contribution in [0, 0.1) is 0 Å².